The predicted octanol–water partition coefficient (Wildman–Crippen LogP) is 1.44. The Morgan fingerprint density at radius 2 is 2.05 bits per heavy atom. The number of aliphatic carboxylic acids is 1. The van der Waals surface area contributed by atoms with Gasteiger partial charge in [-0.1, -0.05) is 30.3 Å². The van der Waals surface area contributed by atoms with Crippen LogP contribution >= 0.6 is 0 Å². The van der Waals surface area contributed by atoms with E-state index in [9.17, 15) is 9.59 Å². The Morgan fingerprint density at radius 1 is 1.38 bits per heavy atom. The largest absolute Gasteiger partial charge is 0.481 e. The van der Waals surface area contributed by atoms with Crippen molar-refractivity contribution in [2.45, 2.75) is 25.9 Å². The van der Waals surface area contributed by atoms with E-state index in [1.807, 2.05) is 49.2 Å². The van der Waals surface area contributed by atoms with Crippen LogP contribution in [0.5, 0.6) is 0 Å². The summed E-state index contributed by atoms with van der Waals surface area (Å²) in [4.78, 5) is 27.1. The molecular formula is C16H22N2O3. The van der Waals surface area contributed by atoms with Gasteiger partial charge in [0, 0.05) is 19.6 Å². The molecule has 2 atom stereocenters. The quantitative estimate of drug-likeness (QED) is 0.891. The highest BCUT2D eigenvalue weighted by atomic mass is 16.4. The van der Waals surface area contributed by atoms with Gasteiger partial charge in [-0.25, -0.2) is 0 Å². The average molecular weight is 290 g/mol. The normalized spacial score (nSPS) is 19.8. The SMILES string of the molecule is CC(C(=O)N1CCC(C(=O)O)C1)N(C)Cc1ccccc1. The van der Waals surface area contributed by atoms with E-state index in [-0.39, 0.29) is 11.9 Å². The lowest BCUT2D eigenvalue weighted by Gasteiger charge is -2.28. The summed E-state index contributed by atoms with van der Waals surface area (Å²) in [6.07, 6.45) is 0.552. The van der Waals surface area contributed by atoms with E-state index in [2.05, 4.69) is 0 Å². The molecule has 1 saturated heterocycles. The molecule has 0 aliphatic carbocycles. The summed E-state index contributed by atoms with van der Waals surface area (Å²) in [5.41, 5.74) is 1.16. The maximum absolute atomic E-state index is 12.4. The highest BCUT2D eigenvalue weighted by Crippen LogP contribution is 2.18. The second-order valence-corrected chi connectivity index (χ2v) is 5.68. The minimum Gasteiger partial charge on any atom is -0.481 e. The van der Waals surface area contributed by atoms with Crippen LogP contribution in [0.3, 0.4) is 0 Å². The maximum Gasteiger partial charge on any atom is 0.308 e. The molecule has 1 aliphatic rings. The molecule has 0 aromatic heterocycles. The molecule has 1 aliphatic heterocycles. The average Bonchev–Trinajstić information content (AvgIpc) is 2.96. The Labute approximate surface area is 125 Å². The molecule has 1 heterocycles. The highest BCUT2D eigenvalue weighted by Gasteiger charge is 2.33. The van der Waals surface area contributed by atoms with Crippen LogP contribution in [0.1, 0.15) is 18.9 Å². The molecule has 0 spiro atoms. The molecule has 2 rings (SSSR count). The monoisotopic (exact) mass is 290 g/mol. The van der Waals surface area contributed by atoms with Gasteiger partial charge in [0.1, 0.15) is 0 Å². The molecule has 5 heteroatoms. The molecule has 1 aromatic rings. The summed E-state index contributed by atoms with van der Waals surface area (Å²) >= 11 is 0. The van der Waals surface area contributed by atoms with Crippen molar-refractivity contribution in [1.82, 2.24) is 9.80 Å². The molecule has 0 saturated carbocycles. The Kier molecular flexibility index (Phi) is 4.96. The third-order valence-electron chi connectivity index (χ3n) is 4.14. The summed E-state index contributed by atoms with van der Waals surface area (Å²) in [5, 5.41) is 9.01. The molecule has 1 N–H and O–H groups in total. The van der Waals surface area contributed by atoms with E-state index in [0.29, 0.717) is 26.1 Å². The molecule has 1 aromatic carbocycles. The van der Waals surface area contributed by atoms with Crippen LogP contribution in [0.25, 0.3) is 0 Å². The van der Waals surface area contributed by atoms with Gasteiger partial charge in [0.05, 0.1) is 12.0 Å². The van der Waals surface area contributed by atoms with Crippen LogP contribution in [0.4, 0.5) is 0 Å². The van der Waals surface area contributed by atoms with E-state index >= 15 is 0 Å². The van der Waals surface area contributed by atoms with Gasteiger partial charge >= 0.3 is 5.97 Å². The first-order valence-electron chi connectivity index (χ1n) is 7.24. The summed E-state index contributed by atoms with van der Waals surface area (Å²) in [7, 11) is 1.92. The van der Waals surface area contributed by atoms with Crippen LogP contribution in [0.15, 0.2) is 30.3 Å². The zero-order valence-electron chi connectivity index (χ0n) is 12.5. The van der Waals surface area contributed by atoms with E-state index in [4.69, 9.17) is 5.11 Å². The first kappa shape index (κ1) is 15.5. The lowest BCUT2D eigenvalue weighted by Crippen LogP contribution is -2.44. The van der Waals surface area contributed by atoms with Crippen molar-refractivity contribution in [3.63, 3.8) is 0 Å². The van der Waals surface area contributed by atoms with Gasteiger partial charge in [0.15, 0.2) is 0 Å². The third-order valence-corrected chi connectivity index (χ3v) is 4.14. The molecule has 2 unspecified atom stereocenters. The fourth-order valence-corrected chi connectivity index (χ4v) is 2.62. The summed E-state index contributed by atoms with van der Waals surface area (Å²) < 4.78 is 0. The number of likely N-dealkylation sites (tertiary alicyclic amines) is 1. The van der Waals surface area contributed by atoms with Gasteiger partial charge in [-0.3, -0.25) is 14.5 Å². The van der Waals surface area contributed by atoms with E-state index in [1.165, 1.54) is 0 Å². The summed E-state index contributed by atoms with van der Waals surface area (Å²) in [6.45, 7) is 3.44. The van der Waals surface area contributed by atoms with Gasteiger partial charge in [-0.05, 0) is 26.0 Å². The van der Waals surface area contributed by atoms with E-state index < -0.39 is 11.9 Å². The van der Waals surface area contributed by atoms with Crippen LogP contribution in [-0.2, 0) is 16.1 Å². The predicted molar refractivity (Wildman–Crippen MR) is 79.7 cm³/mol. The van der Waals surface area contributed by atoms with Gasteiger partial charge in [0.25, 0.3) is 0 Å². The molecular weight excluding hydrogens is 268 g/mol. The lowest BCUT2D eigenvalue weighted by atomic mass is 10.1. The number of carboxylic acid groups (broad SMARTS) is 1. The van der Waals surface area contributed by atoms with Crippen molar-refractivity contribution in [3.8, 4) is 0 Å². The fourth-order valence-electron chi connectivity index (χ4n) is 2.62. The molecule has 0 bridgehead atoms. The molecule has 114 valence electrons. The second-order valence-electron chi connectivity index (χ2n) is 5.68. The zero-order chi connectivity index (χ0) is 15.4. The molecule has 1 fully saturated rings. The van der Waals surface area contributed by atoms with Crippen LogP contribution in [0.2, 0.25) is 0 Å². The standard InChI is InChI=1S/C16H22N2O3/c1-12(17(2)10-13-6-4-3-5-7-13)15(19)18-9-8-14(11-18)16(20)21/h3-7,12,14H,8-11H2,1-2H3,(H,20,21). The number of carbonyl (C=O) groups excluding carboxylic acids is 1. The summed E-state index contributed by atoms with van der Waals surface area (Å²) in [6, 6.07) is 9.74. The molecule has 1 amide bonds. The minimum atomic E-state index is -0.810. The third kappa shape index (κ3) is 3.82. The molecule has 5 nitrogen and oxygen atoms in total. The smallest absolute Gasteiger partial charge is 0.308 e. The van der Waals surface area contributed by atoms with Gasteiger partial charge in [0.2, 0.25) is 5.91 Å². The first-order valence-corrected chi connectivity index (χ1v) is 7.24. The number of carbonyl (C=O) groups is 2. The van der Waals surface area contributed by atoms with Crippen LogP contribution < -0.4 is 0 Å². The summed E-state index contributed by atoms with van der Waals surface area (Å²) in [5.74, 6) is -1.21. The number of likely N-dealkylation sites (N-methyl/N-ethyl adjacent to an activating group) is 1. The molecule has 21 heavy (non-hydrogen) atoms. The van der Waals surface area contributed by atoms with Crippen molar-refractivity contribution >= 4 is 11.9 Å². The van der Waals surface area contributed by atoms with Gasteiger partial charge in [-0.2, -0.15) is 0 Å². The Balaban J connectivity index is 1.91. The maximum atomic E-state index is 12.4. The Hall–Kier alpha value is -1.88. The lowest BCUT2D eigenvalue weighted by molar-refractivity contribution is -0.141. The number of amides is 1. The number of hydrogen-bond donors (Lipinski definition) is 1. The Morgan fingerprint density at radius 3 is 2.62 bits per heavy atom. The zero-order valence-corrected chi connectivity index (χ0v) is 12.5. The second kappa shape index (κ2) is 6.72. The number of rotatable bonds is 5. The fraction of sp³-hybridized carbons (Fsp3) is 0.500. The number of hydrogen-bond acceptors (Lipinski definition) is 3. The van der Waals surface area contributed by atoms with E-state index in [1.54, 1.807) is 4.90 Å². The van der Waals surface area contributed by atoms with Crippen LogP contribution in [-0.4, -0.2) is 53.0 Å². The van der Waals surface area contributed by atoms with Crippen LogP contribution in [0, 0.1) is 5.92 Å². The number of nitrogens with zero attached hydrogens (tertiary/aromatic N) is 2. The number of carboxylic acids is 1. The topological polar surface area (TPSA) is 60.9 Å². The minimum absolute atomic E-state index is 0.0113. The van der Waals surface area contributed by atoms with Crippen molar-refractivity contribution in [2.24, 2.45) is 5.92 Å². The van der Waals surface area contributed by atoms with E-state index in [0.717, 1.165) is 5.56 Å². The molecule has 0 radical (unpaired) electrons. The van der Waals surface area contributed by atoms with Crippen molar-refractivity contribution in [3.05, 3.63) is 35.9 Å². The van der Waals surface area contributed by atoms with Crippen molar-refractivity contribution in [1.29, 1.82) is 0 Å². The highest BCUT2D eigenvalue weighted by molar-refractivity contribution is 5.83. The van der Waals surface area contributed by atoms with Gasteiger partial charge in [-0.15, -0.1) is 0 Å². The number of benzene rings is 1. The van der Waals surface area contributed by atoms with Crippen molar-refractivity contribution < 1.29 is 14.7 Å². The van der Waals surface area contributed by atoms with Gasteiger partial charge < -0.3 is 10.0 Å². The first-order chi connectivity index (χ1) is 9.99. The van der Waals surface area contributed by atoms with Crippen molar-refractivity contribution in [2.75, 3.05) is 20.1 Å². The Bertz CT molecular complexity index is 504.